The van der Waals surface area contributed by atoms with E-state index in [0.29, 0.717) is 35.4 Å². The van der Waals surface area contributed by atoms with Gasteiger partial charge in [0.05, 0.1) is 11.3 Å². The van der Waals surface area contributed by atoms with Crippen molar-refractivity contribution in [2.24, 2.45) is 0 Å². The Morgan fingerprint density at radius 3 is 2.55 bits per heavy atom. The smallest absolute Gasteiger partial charge is 0.255 e. The van der Waals surface area contributed by atoms with E-state index < -0.39 is 0 Å². The number of nitrogen functional groups attached to an aromatic ring is 1. The molecule has 8 heteroatoms. The predicted octanol–water partition coefficient (Wildman–Crippen LogP) is 3.86. The average molecular weight is 437 g/mol. The minimum Gasteiger partial charge on any atom is -0.384 e. The van der Waals surface area contributed by atoms with Crippen molar-refractivity contribution in [2.75, 3.05) is 37.8 Å². The fourth-order valence-corrected chi connectivity index (χ4v) is 4.05. The lowest BCUT2D eigenvalue weighted by atomic mass is 9.88. The molecule has 160 valence electrons. The van der Waals surface area contributed by atoms with E-state index in [2.05, 4.69) is 9.97 Å². The normalized spacial score (nSPS) is 14.5. The zero-order chi connectivity index (χ0) is 22.0. The number of anilines is 2. The molecule has 3 heterocycles. The van der Waals surface area contributed by atoms with Crippen molar-refractivity contribution in [3.63, 3.8) is 0 Å². The second kappa shape index (κ2) is 8.89. The SMILES string of the molecule is CN(C)c1ncc(-c2cccc(Cl)c2)c(C2CCN(C(=O)c3ccc(N)nc3)CC2)n1. The van der Waals surface area contributed by atoms with Gasteiger partial charge < -0.3 is 15.5 Å². The van der Waals surface area contributed by atoms with Gasteiger partial charge in [-0.1, -0.05) is 23.7 Å². The van der Waals surface area contributed by atoms with Crippen molar-refractivity contribution >= 4 is 29.3 Å². The highest BCUT2D eigenvalue weighted by atomic mass is 35.5. The first kappa shape index (κ1) is 21.1. The monoisotopic (exact) mass is 436 g/mol. The first-order chi connectivity index (χ1) is 14.9. The molecule has 3 aromatic rings. The number of likely N-dealkylation sites (tertiary alicyclic amines) is 1. The number of carbonyl (C=O) groups excluding carboxylic acids is 1. The molecule has 0 unspecified atom stereocenters. The molecule has 1 aliphatic heterocycles. The summed E-state index contributed by atoms with van der Waals surface area (Å²) >= 11 is 6.23. The number of amides is 1. The van der Waals surface area contributed by atoms with Crippen LogP contribution in [0.1, 0.15) is 34.8 Å². The molecule has 0 aliphatic carbocycles. The van der Waals surface area contributed by atoms with Gasteiger partial charge in [-0.3, -0.25) is 4.79 Å². The van der Waals surface area contributed by atoms with Gasteiger partial charge in [0.2, 0.25) is 5.95 Å². The zero-order valence-electron chi connectivity index (χ0n) is 17.6. The summed E-state index contributed by atoms with van der Waals surface area (Å²) in [5, 5.41) is 0.678. The van der Waals surface area contributed by atoms with Crippen LogP contribution >= 0.6 is 11.6 Å². The molecule has 4 rings (SSSR count). The Bertz CT molecular complexity index is 1080. The summed E-state index contributed by atoms with van der Waals surface area (Å²) in [6.07, 6.45) is 5.06. The van der Waals surface area contributed by atoms with Crippen LogP contribution in [0.5, 0.6) is 0 Å². The highest BCUT2D eigenvalue weighted by molar-refractivity contribution is 6.30. The number of nitrogens with zero attached hydrogens (tertiary/aromatic N) is 5. The summed E-state index contributed by atoms with van der Waals surface area (Å²) in [4.78, 5) is 30.0. The zero-order valence-corrected chi connectivity index (χ0v) is 18.4. The van der Waals surface area contributed by atoms with E-state index in [9.17, 15) is 4.79 Å². The van der Waals surface area contributed by atoms with E-state index in [-0.39, 0.29) is 11.8 Å². The van der Waals surface area contributed by atoms with Crippen LogP contribution in [-0.2, 0) is 0 Å². The van der Waals surface area contributed by atoms with Crippen molar-refractivity contribution in [3.05, 3.63) is 65.1 Å². The quantitative estimate of drug-likeness (QED) is 0.668. The number of hydrogen-bond donors (Lipinski definition) is 1. The third kappa shape index (κ3) is 4.61. The Balaban J connectivity index is 1.57. The summed E-state index contributed by atoms with van der Waals surface area (Å²) in [5.41, 5.74) is 9.18. The molecule has 1 fully saturated rings. The summed E-state index contributed by atoms with van der Waals surface area (Å²) in [7, 11) is 3.86. The maximum atomic E-state index is 12.8. The lowest BCUT2D eigenvalue weighted by Crippen LogP contribution is -2.38. The fraction of sp³-hybridized carbons (Fsp3) is 0.304. The Labute approximate surface area is 186 Å². The van der Waals surface area contributed by atoms with Crippen LogP contribution in [0.2, 0.25) is 5.02 Å². The molecular formula is C23H25ClN6O. The summed E-state index contributed by atoms with van der Waals surface area (Å²) in [6, 6.07) is 11.1. The molecular weight excluding hydrogens is 412 g/mol. The Morgan fingerprint density at radius 2 is 1.90 bits per heavy atom. The number of piperidine rings is 1. The number of halogens is 1. The largest absolute Gasteiger partial charge is 0.384 e. The predicted molar refractivity (Wildman–Crippen MR) is 123 cm³/mol. The van der Waals surface area contributed by atoms with Gasteiger partial charge in [-0.2, -0.15) is 0 Å². The minimum atomic E-state index is -0.0160. The third-order valence-electron chi connectivity index (χ3n) is 5.54. The Kier molecular flexibility index (Phi) is 6.04. The van der Waals surface area contributed by atoms with Gasteiger partial charge in [-0.05, 0) is 42.7 Å². The highest BCUT2D eigenvalue weighted by Gasteiger charge is 2.28. The van der Waals surface area contributed by atoms with Crippen molar-refractivity contribution in [1.29, 1.82) is 0 Å². The van der Waals surface area contributed by atoms with Crippen molar-refractivity contribution in [1.82, 2.24) is 19.9 Å². The molecule has 0 saturated carbocycles. The van der Waals surface area contributed by atoms with Gasteiger partial charge >= 0.3 is 0 Å². The molecule has 1 aromatic carbocycles. The first-order valence-electron chi connectivity index (χ1n) is 10.2. The molecule has 2 N–H and O–H groups in total. The summed E-state index contributed by atoms with van der Waals surface area (Å²) in [5.74, 6) is 1.29. The van der Waals surface area contributed by atoms with Gasteiger partial charge in [0.25, 0.3) is 5.91 Å². The van der Waals surface area contributed by atoms with Crippen molar-refractivity contribution in [3.8, 4) is 11.1 Å². The number of benzene rings is 1. The van der Waals surface area contributed by atoms with Crippen LogP contribution < -0.4 is 10.6 Å². The van der Waals surface area contributed by atoms with Crippen LogP contribution in [0, 0.1) is 0 Å². The van der Waals surface area contributed by atoms with E-state index in [1.54, 1.807) is 12.1 Å². The molecule has 0 bridgehead atoms. The standard InChI is InChI=1S/C23H25ClN6O/c1-29(2)23-27-14-19(16-4-3-5-18(24)12-16)21(28-23)15-8-10-30(11-9-15)22(31)17-6-7-20(25)26-13-17/h3-7,12-15H,8-11H2,1-2H3,(H2,25,26). The number of carbonyl (C=O) groups is 1. The average Bonchev–Trinajstić information content (AvgIpc) is 2.79. The second-order valence-electron chi connectivity index (χ2n) is 7.91. The van der Waals surface area contributed by atoms with Crippen LogP contribution in [0.3, 0.4) is 0 Å². The maximum Gasteiger partial charge on any atom is 0.255 e. The van der Waals surface area contributed by atoms with Gasteiger partial charge in [0, 0.05) is 56.1 Å². The Hall–Kier alpha value is -3.19. The molecule has 0 spiro atoms. The molecule has 2 aromatic heterocycles. The molecule has 0 radical (unpaired) electrons. The second-order valence-corrected chi connectivity index (χ2v) is 8.35. The van der Waals surface area contributed by atoms with E-state index >= 15 is 0 Å². The molecule has 1 amide bonds. The van der Waals surface area contributed by atoms with Gasteiger partial charge in [-0.25, -0.2) is 15.0 Å². The van der Waals surface area contributed by atoms with Gasteiger partial charge in [-0.15, -0.1) is 0 Å². The molecule has 31 heavy (non-hydrogen) atoms. The first-order valence-corrected chi connectivity index (χ1v) is 10.6. The van der Waals surface area contributed by atoms with E-state index in [0.717, 1.165) is 29.7 Å². The topological polar surface area (TPSA) is 88.2 Å². The lowest BCUT2D eigenvalue weighted by Gasteiger charge is -2.32. The highest BCUT2D eigenvalue weighted by Crippen LogP contribution is 2.35. The number of hydrogen-bond acceptors (Lipinski definition) is 6. The summed E-state index contributed by atoms with van der Waals surface area (Å²) < 4.78 is 0. The van der Waals surface area contributed by atoms with Crippen molar-refractivity contribution in [2.45, 2.75) is 18.8 Å². The minimum absolute atomic E-state index is 0.0160. The van der Waals surface area contributed by atoms with Crippen LogP contribution in [0.25, 0.3) is 11.1 Å². The Morgan fingerprint density at radius 1 is 1.13 bits per heavy atom. The third-order valence-corrected chi connectivity index (χ3v) is 5.78. The lowest BCUT2D eigenvalue weighted by molar-refractivity contribution is 0.0712. The van der Waals surface area contributed by atoms with Gasteiger partial charge in [0.15, 0.2) is 0 Å². The van der Waals surface area contributed by atoms with E-state index in [1.165, 1.54) is 6.20 Å². The fourth-order valence-electron chi connectivity index (χ4n) is 3.86. The van der Waals surface area contributed by atoms with Crippen LogP contribution in [-0.4, -0.2) is 52.9 Å². The number of aromatic nitrogens is 3. The molecule has 1 saturated heterocycles. The van der Waals surface area contributed by atoms with E-state index in [4.69, 9.17) is 22.3 Å². The number of pyridine rings is 1. The van der Waals surface area contributed by atoms with Crippen LogP contribution in [0.15, 0.2) is 48.8 Å². The molecule has 7 nitrogen and oxygen atoms in total. The number of nitrogens with two attached hydrogens (primary N) is 1. The molecule has 0 atom stereocenters. The van der Waals surface area contributed by atoms with E-state index in [1.807, 2.05) is 54.4 Å². The van der Waals surface area contributed by atoms with Crippen molar-refractivity contribution < 1.29 is 4.79 Å². The number of rotatable bonds is 4. The molecule has 1 aliphatic rings. The van der Waals surface area contributed by atoms with Crippen LogP contribution in [0.4, 0.5) is 11.8 Å². The van der Waals surface area contributed by atoms with Gasteiger partial charge in [0.1, 0.15) is 5.82 Å². The maximum absolute atomic E-state index is 12.8. The summed E-state index contributed by atoms with van der Waals surface area (Å²) in [6.45, 7) is 1.31.